The summed E-state index contributed by atoms with van der Waals surface area (Å²) in [5.74, 6) is 1.07. The first-order valence-electron chi connectivity index (χ1n) is 5.40. The van der Waals surface area contributed by atoms with Gasteiger partial charge in [0.15, 0.2) is 11.5 Å². The van der Waals surface area contributed by atoms with E-state index >= 15 is 0 Å². The first-order valence-corrected chi connectivity index (χ1v) is 5.40. The van der Waals surface area contributed by atoms with Gasteiger partial charge < -0.3 is 14.8 Å². The van der Waals surface area contributed by atoms with Gasteiger partial charge in [0.1, 0.15) is 0 Å². The van der Waals surface area contributed by atoms with Crippen molar-refractivity contribution in [2.24, 2.45) is 0 Å². The Bertz CT molecular complexity index is 480. The van der Waals surface area contributed by atoms with Gasteiger partial charge in [-0.1, -0.05) is 0 Å². The molecule has 1 aromatic carbocycles. The molecule has 1 aromatic rings. The van der Waals surface area contributed by atoms with Crippen LogP contribution in [0.3, 0.4) is 0 Å². The highest BCUT2D eigenvalue weighted by molar-refractivity contribution is 5.88. The molecule has 0 aromatic heterocycles. The van der Waals surface area contributed by atoms with Crippen molar-refractivity contribution in [2.75, 3.05) is 14.2 Å². The van der Waals surface area contributed by atoms with Gasteiger partial charge in [-0.25, -0.2) is 0 Å². The Morgan fingerprint density at radius 2 is 1.82 bits per heavy atom. The molecule has 1 aliphatic rings. The molecule has 0 radical (unpaired) electrons. The Morgan fingerprint density at radius 1 is 1.18 bits per heavy atom. The summed E-state index contributed by atoms with van der Waals surface area (Å²) in [6, 6.07) is 3.73. The molecule has 1 N–H and O–H groups in total. The Morgan fingerprint density at radius 3 is 2.47 bits per heavy atom. The minimum absolute atomic E-state index is 0.0211. The molecule has 2 rings (SSSR count). The van der Waals surface area contributed by atoms with Gasteiger partial charge >= 0.3 is 0 Å². The molecule has 1 atom stereocenters. The van der Waals surface area contributed by atoms with Crippen molar-refractivity contribution in [1.29, 1.82) is 0 Å². The first-order chi connectivity index (χ1) is 8.17. The van der Waals surface area contributed by atoms with Crippen molar-refractivity contribution in [3.63, 3.8) is 0 Å². The van der Waals surface area contributed by atoms with Crippen LogP contribution in [0.1, 0.15) is 24.0 Å². The van der Waals surface area contributed by atoms with Gasteiger partial charge in [0.25, 0.3) is 0 Å². The Hall–Kier alpha value is -1.97. The first kappa shape index (κ1) is 11.5. The number of nitrogens with one attached hydrogen (secondary N) is 1. The molecule has 0 fully saturated rings. The largest absolute Gasteiger partial charge is 0.493 e. The average molecular weight is 233 g/mol. The molecule has 1 aliphatic heterocycles. The number of carbonyl (C=O) groups is 1. The molecule has 1 unspecified atom stereocenters. The summed E-state index contributed by atoms with van der Waals surface area (Å²) in [6.07, 6.45) is 3.51. The Balaban J connectivity index is 2.59. The van der Waals surface area contributed by atoms with E-state index in [-0.39, 0.29) is 11.8 Å². The number of fused-ring (bicyclic) bond motifs is 1. The van der Waals surface area contributed by atoms with Crippen LogP contribution in [0.5, 0.6) is 11.5 Å². The predicted octanol–water partition coefficient (Wildman–Crippen LogP) is 1.91. The number of carbonyl (C=O) groups excluding carboxylic acids is 1. The van der Waals surface area contributed by atoms with E-state index in [2.05, 4.69) is 5.32 Å². The summed E-state index contributed by atoms with van der Waals surface area (Å²) in [6.45, 7) is 1.87. The second-order valence-electron chi connectivity index (χ2n) is 3.90. The topological polar surface area (TPSA) is 47.6 Å². The van der Waals surface area contributed by atoms with E-state index in [1.54, 1.807) is 20.4 Å². The molecule has 90 valence electrons. The van der Waals surface area contributed by atoms with Crippen LogP contribution in [-0.2, 0) is 4.79 Å². The molecular formula is C13H15NO3. The molecule has 1 heterocycles. The number of hydrogen-bond donors (Lipinski definition) is 1. The molecule has 1 amide bonds. The van der Waals surface area contributed by atoms with Crippen LogP contribution < -0.4 is 14.8 Å². The fourth-order valence-electron chi connectivity index (χ4n) is 1.91. The molecule has 4 nitrogen and oxygen atoms in total. The normalized spacial score (nSPS) is 18.1. The van der Waals surface area contributed by atoms with Gasteiger partial charge in [-0.05, 0) is 36.3 Å². The molecule has 0 saturated carbocycles. The van der Waals surface area contributed by atoms with E-state index in [1.807, 2.05) is 25.1 Å². The molecule has 0 bridgehead atoms. The van der Waals surface area contributed by atoms with Crippen molar-refractivity contribution in [3.8, 4) is 11.5 Å². The van der Waals surface area contributed by atoms with Gasteiger partial charge in [-0.2, -0.15) is 0 Å². The van der Waals surface area contributed by atoms with E-state index < -0.39 is 0 Å². The quantitative estimate of drug-likeness (QED) is 0.848. The summed E-state index contributed by atoms with van der Waals surface area (Å²) < 4.78 is 10.5. The molecular weight excluding hydrogens is 218 g/mol. The van der Waals surface area contributed by atoms with E-state index in [4.69, 9.17) is 9.47 Å². The number of hydrogen-bond acceptors (Lipinski definition) is 3. The summed E-state index contributed by atoms with van der Waals surface area (Å²) in [5.41, 5.74) is 1.91. The lowest BCUT2D eigenvalue weighted by molar-refractivity contribution is -0.121. The van der Waals surface area contributed by atoms with Crippen molar-refractivity contribution < 1.29 is 14.3 Å². The highest BCUT2D eigenvalue weighted by atomic mass is 16.5. The molecule has 0 saturated heterocycles. The standard InChI is InChI=1S/C13H15NO3/c1-8-10-7-12(17-3)11(16-2)6-9(10)4-5-14-13(8)15/h4-8H,1-3H3,(H,14,15). The van der Waals surface area contributed by atoms with Crippen LogP contribution in [0.15, 0.2) is 18.3 Å². The van der Waals surface area contributed by atoms with E-state index in [9.17, 15) is 4.79 Å². The van der Waals surface area contributed by atoms with Crippen LogP contribution in [0.2, 0.25) is 0 Å². The monoisotopic (exact) mass is 233 g/mol. The second-order valence-corrected chi connectivity index (χ2v) is 3.90. The number of benzene rings is 1. The van der Waals surface area contributed by atoms with E-state index in [1.165, 1.54) is 0 Å². The minimum Gasteiger partial charge on any atom is -0.493 e. The van der Waals surface area contributed by atoms with Gasteiger partial charge in [-0.3, -0.25) is 4.79 Å². The highest BCUT2D eigenvalue weighted by Crippen LogP contribution is 2.35. The van der Waals surface area contributed by atoms with E-state index in [0.717, 1.165) is 11.1 Å². The third-order valence-electron chi connectivity index (χ3n) is 2.94. The number of ether oxygens (including phenoxy) is 2. The van der Waals surface area contributed by atoms with Gasteiger partial charge in [0.2, 0.25) is 5.91 Å². The molecule has 4 heteroatoms. The SMILES string of the molecule is COc1cc2c(cc1OC)C(C)C(=O)NC=C2. The number of methoxy groups -OCH3 is 2. The summed E-state index contributed by atoms with van der Waals surface area (Å²) >= 11 is 0. The van der Waals surface area contributed by atoms with Crippen LogP contribution in [0.4, 0.5) is 0 Å². The zero-order valence-corrected chi connectivity index (χ0v) is 10.1. The zero-order chi connectivity index (χ0) is 12.4. The molecule has 0 spiro atoms. The predicted molar refractivity (Wildman–Crippen MR) is 65.1 cm³/mol. The Labute approximate surface area is 100 Å². The van der Waals surface area contributed by atoms with Gasteiger partial charge in [0.05, 0.1) is 20.1 Å². The second kappa shape index (κ2) is 4.49. The van der Waals surface area contributed by atoms with Crippen LogP contribution >= 0.6 is 0 Å². The zero-order valence-electron chi connectivity index (χ0n) is 10.1. The fourth-order valence-corrected chi connectivity index (χ4v) is 1.91. The minimum atomic E-state index is -0.209. The number of rotatable bonds is 2. The van der Waals surface area contributed by atoms with Crippen LogP contribution in [0, 0.1) is 0 Å². The van der Waals surface area contributed by atoms with Gasteiger partial charge in [-0.15, -0.1) is 0 Å². The number of amides is 1. The lowest BCUT2D eigenvalue weighted by atomic mass is 9.95. The maximum Gasteiger partial charge on any atom is 0.231 e. The summed E-state index contributed by atoms with van der Waals surface area (Å²) in [7, 11) is 3.18. The van der Waals surface area contributed by atoms with Crippen molar-refractivity contribution in [3.05, 3.63) is 29.5 Å². The van der Waals surface area contributed by atoms with Crippen LogP contribution in [-0.4, -0.2) is 20.1 Å². The summed E-state index contributed by atoms with van der Waals surface area (Å²) in [4.78, 5) is 11.7. The van der Waals surface area contributed by atoms with Gasteiger partial charge in [0, 0.05) is 6.20 Å². The molecule has 0 aliphatic carbocycles. The average Bonchev–Trinajstić information content (AvgIpc) is 2.48. The Kier molecular flexibility index (Phi) is 3.04. The third-order valence-corrected chi connectivity index (χ3v) is 2.94. The smallest absolute Gasteiger partial charge is 0.231 e. The highest BCUT2D eigenvalue weighted by Gasteiger charge is 2.21. The van der Waals surface area contributed by atoms with Crippen LogP contribution in [0.25, 0.3) is 6.08 Å². The van der Waals surface area contributed by atoms with Crippen molar-refractivity contribution in [1.82, 2.24) is 5.32 Å². The van der Waals surface area contributed by atoms with E-state index in [0.29, 0.717) is 11.5 Å². The summed E-state index contributed by atoms with van der Waals surface area (Å²) in [5, 5.41) is 2.72. The maximum absolute atomic E-state index is 11.7. The van der Waals surface area contributed by atoms with Crippen molar-refractivity contribution in [2.45, 2.75) is 12.8 Å². The van der Waals surface area contributed by atoms with Crippen molar-refractivity contribution >= 4 is 12.0 Å². The molecule has 17 heavy (non-hydrogen) atoms. The lowest BCUT2D eigenvalue weighted by Gasteiger charge is -2.15. The lowest BCUT2D eigenvalue weighted by Crippen LogP contribution is -2.21. The fraction of sp³-hybridized carbons (Fsp3) is 0.308. The maximum atomic E-state index is 11.7. The third kappa shape index (κ3) is 1.98.